The van der Waals surface area contributed by atoms with Crippen LogP contribution in [0.3, 0.4) is 0 Å². The molecule has 11 nitrogen and oxygen atoms in total. The summed E-state index contributed by atoms with van der Waals surface area (Å²) in [5.74, 6) is -3.52. The van der Waals surface area contributed by atoms with Gasteiger partial charge >= 0.3 is 104 Å². The number of carbonyl (C=O) groups is 4. The third kappa shape index (κ3) is 11.8. The van der Waals surface area contributed by atoms with E-state index in [2.05, 4.69) is 10.7 Å². The molecule has 0 aliphatic heterocycles. The number of rotatable bonds is 4. The molecule has 0 saturated carbocycles. The monoisotopic (exact) mass is 498 g/mol. The van der Waals surface area contributed by atoms with Crippen molar-refractivity contribution in [3.05, 3.63) is 0 Å². The van der Waals surface area contributed by atoms with Gasteiger partial charge in [0, 0.05) is 0 Å². The molecule has 0 heterocycles. The predicted molar refractivity (Wildman–Crippen MR) is 63.7 cm³/mol. The van der Waals surface area contributed by atoms with Gasteiger partial charge in [0.25, 0.3) is 0 Å². The first-order chi connectivity index (χ1) is 7.67. The van der Waals surface area contributed by atoms with Crippen molar-refractivity contribution in [3.63, 3.8) is 0 Å². The molecule has 0 fully saturated rings. The summed E-state index contributed by atoms with van der Waals surface area (Å²) < 4.78 is 18.5. The molecule has 0 aromatic heterocycles. The molecule has 0 aliphatic carbocycles. The summed E-state index contributed by atoms with van der Waals surface area (Å²) in [4.78, 5) is 43.5. The third-order valence-electron chi connectivity index (χ3n) is 1.07. The van der Waals surface area contributed by atoms with Gasteiger partial charge in [-0.05, 0) is 0 Å². The normalized spacial score (nSPS) is 8.60. The molecule has 0 aromatic rings. The van der Waals surface area contributed by atoms with Crippen molar-refractivity contribution in [1.82, 2.24) is 0 Å². The second-order valence-electron chi connectivity index (χ2n) is 2.87. The summed E-state index contributed by atoms with van der Waals surface area (Å²) in [5, 5.41) is 0. The zero-order chi connectivity index (χ0) is 13.6. The molecule has 0 rings (SSSR count). The van der Waals surface area contributed by atoms with Crippen molar-refractivity contribution in [2.45, 2.75) is 27.7 Å². The minimum Gasteiger partial charge on any atom is -0.412 e. The smallest absolute Gasteiger partial charge is 0.412 e. The maximum Gasteiger partial charge on any atom is -0.412 e. The van der Waals surface area contributed by atoms with Crippen LogP contribution in [0.1, 0.15) is 27.7 Å². The molecule has 0 spiro atoms. The van der Waals surface area contributed by atoms with Crippen LogP contribution < -0.4 is 0 Å². The Kier molecular flexibility index (Phi) is 15.6. The average molecular weight is 497 g/mol. The number of hydrogen-bond acceptors (Lipinski definition) is 8. The van der Waals surface area contributed by atoms with Crippen molar-refractivity contribution in [3.8, 4) is 0 Å². The summed E-state index contributed by atoms with van der Waals surface area (Å²) in [5.41, 5.74) is 0. The van der Waals surface area contributed by atoms with E-state index in [0.29, 0.717) is 0 Å². The Bertz CT molecular complexity index is 283. The van der Waals surface area contributed by atoms with Crippen molar-refractivity contribution in [1.29, 1.82) is 0 Å². The van der Waals surface area contributed by atoms with Crippen LogP contribution in [0, 0.1) is 0 Å². The quantitative estimate of drug-likeness (QED) is 0.371. The average Bonchev–Trinajstić information content (AvgIpc) is 1.95. The van der Waals surface area contributed by atoms with Gasteiger partial charge in [-0.25, -0.2) is 0 Å². The fourth-order valence-corrected chi connectivity index (χ4v) is 7.28. The third-order valence-corrected chi connectivity index (χ3v) is 9.43. The van der Waals surface area contributed by atoms with E-state index in [1.807, 2.05) is 0 Å². The van der Waals surface area contributed by atoms with Crippen molar-refractivity contribution in [2.24, 2.45) is 0 Å². The molecule has 0 radical (unpaired) electrons. The Morgan fingerprint density at radius 3 is 0.800 bits per heavy atom. The van der Waals surface area contributed by atoms with E-state index in [1.165, 1.54) is 0 Å². The first-order valence-electron chi connectivity index (χ1n) is 4.45. The largest absolute Gasteiger partial charge is 0.412 e. The van der Waals surface area contributed by atoms with E-state index >= 15 is 0 Å². The molecule has 0 unspecified atom stereocenters. The standard InChI is InChI=1S/4C2H4O2.3H2O.Pb/c4*1-2(3)4;;;;/h4*1H3,(H,3,4);3*1H2;/q;;;;;;;+4/p-4. The van der Waals surface area contributed by atoms with Gasteiger partial charge in [-0.1, -0.05) is 0 Å². The molecule has 0 aromatic carbocycles. The minimum atomic E-state index is -5.43. The predicted octanol–water partition coefficient (Wildman–Crippen LogP) is -2.80. The van der Waals surface area contributed by atoms with Gasteiger partial charge in [0.05, 0.1) is 0 Å². The van der Waals surface area contributed by atoms with E-state index < -0.39 is 46.9 Å². The zero-order valence-electron chi connectivity index (χ0n) is 11.3. The molecule has 20 heavy (non-hydrogen) atoms. The first-order valence-corrected chi connectivity index (χ1v) is 10.8. The molecular formula is C8H18O11Pb. The maximum absolute atomic E-state index is 10.9. The summed E-state index contributed by atoms with van der Waals surface area (Å²) in [6.07, 6.45) is 0. The van der Waals surface area contributed by atoms with Gasteiger partial charge in [-0.15, -0.1) is 0 Å². The van der Waals surface area contributed by atoms with Gasteiger partial charge < -0.3 is 16.4 Å². The van der Waals surface area contributed by atoms with Crippen LogP contribution in [0.5, 0.6) is 0 Å². The van der Waals surface area contributed by atoms with E-state index in [4.69, 9.17) is 0 Å². The summed E-state index contributed by atoms with van der Waals surface area (Å²) >= 11 is -5.43. The Balaban J connectivity index is -0.000000427. The van der Waals surface area contributed by atoms with E-state index in [1.54, 1.807) is 0 Å². The van der Waals surface area contributed by atoms with Crippen LogP contribution in [0.2, 0.25) is 0 Å². The zero-order valence-corrected chi connectivity index (χ0v) is 15.2. The molecule has 0 amide bonds. The first kappa shape index (κ1) is 27.1. The Labute approximate surface area is 121 Å². The topological polar surface area (TPSA) is 200 Å². The summed E-state index contributed by atoms with van der Waals surface area (Å²) in [7, 11) is 0. The van der Waals surface area contributed by atoms with Crippen molar-refractivity contribution >= 4 is 46.9 Å². The minimum absolute atomic E-state index is 0. The van der Waals surface area contributed by atoms with Crippen LogP contribution in [0.25, 0.3) is 0 Å². The van der Waals surface area contributed by atoms with Crippen molar-refractivity contribution in [2.75, 3.05) is 0 Å². The maximum atomic E-state index is 10.9. The summed E-state index contributed by atoms with van der Waals surface area (Å²) in [6.45, 7) is 4.02. The van der Waals surface area contributed by atoms with Gasteiger partial charge in [-0.3, -0.25) is 0 Å². The Morgan fingerprint density at radius 2 is 0.700 bits per heavy atom. The van der Waals surface area contributed by atoms with Crippen LogP contribution in [0.15, 0.2) is 0 Å². The van der Waals surface area contributed by atoms with E-state index in [-0.39, 0.29) is 16.4 Å². The van der Waals surface area contributed by atoms with Crippen LogP contribution in [-0.4, -0.2) is 63.3 Å². The van der Waals surface area contributed by atoms with Crippen molar-refractivity contribution < 1.29 is 46.4 Å². The fraction of sp³-hybridized carbons (Fsp3) is 0.500. The Hall–Kier alpha value is -1.32. The molecule has 0 atom stereocenters. The molecule has 12 heteroatoms. The van der Waals surface area contributed by atoms with E-state index in [9.17, 15) is 19.2 Å². The van der Waals surface area contributed by atoms with Gasteiger partial charge in [0.1, 0.15) is 0 Å². The molecule has 0 saturated heterocycles. The molecule has 0 bridgehead atoms. The number of hydrogen-bond donors (Lipinski definition) is 0. The molecular weight excluding hydrogens is 479 g/mol. The SMILES string of the molecule is CC(=O)[O][Pb]([O]C(C)=O)([O]C(C)=O)[O]C(C)=O.O.O.O. The van der Waals surface area contributed by atoms with Crippen LogP contribution in [-0.2, 0) is 29.9 Å². The van der Waals surface area contributed by atoms with Gasteiger partial charge in [0.15, 0.2) is 0 Å². The van der Waals surface area contributed by atoms with Gasteiger partial charge in [-0.2, -0.15) is 0 Å². The molecule has 120 valence electrons. The second-order valence-corrected chi connectivity index (χ2v) is 9.94. The second kappa shape index (κ2) is 11.5. The van der Waals surface area contributed by atoms with Crippen LogP contribution in [0.4, 0.5) is 0 Å². The Morgan fingerprint density at radius 1 is 0.550 bits per heavy atom. The molecule has 6 N–H and O–H groups in total. The van der Waals surface area contributed by atoms with Gasteiger partial charge in [0.2, 0.25) is 0 Å². The number of carbonyl (C=O) groups excluding carboxylic acids is 4. The molecule has 0 aliphatic rings. The summed E-state index contributed by atoms with van der Waals surface area (Å²) in [6, 6.07) is 0. The van der Waals surface area contributed by atoms with E-state index in [0.717, 1.165) is 27.7 Å². The van der Waals surface area contributed by atoms with Crippen LogP contribution >= 0.6 is 0 Å². The fourth-order valence-electron chi connectivity index (χ4n) is 0.829.